The van der Waals surface area contributed by atoms with Gasteiger partial charge >= 0.3 is 0 Å². The summed E-state index contributed by atoms with van der Waals surface area (Å²) in [6.45, 7) is 0. The third kappa shape index (κ3) is 4.37. The third-order valence-electron chi connectivity index (χ3n) is 5.30. The summed E-state index contributed by atoms with van der Waals surface area (Å²) < 4.78 is 1.75. The highest BCUT2D eigenvalue weighted by Gasteiger charge is 2.21. The van der Waals surface area contributed by atoms with Gasteiger partial charge in [0.25, 0.3) is 5.91 Å². The monoisotopic (exact) mass is 388 g/mol. The minimum absolute atomic E-state index is 0.000126. The van der Waals surface area contributed by atoms with Gasteiger partial charge in [0, 0.05) is 25.6 Å². The van der Waals surface area contributed by atoms with E-state index in [-0.39, 0.29) is 17.9 Å². The van der Waals surface area contributed by atoms with E-state index in [4.69, 9.17) is 0 Å². The number of aryl methyl sites for hydroxylation is 1. The van der Waals surface area contributed by atoms with E-state index in [1.807, 2.05) is 61.6 Å². The molecule has 6 heteroatoms. The molecule has 0 saturated carbocycles. The molecule has 1 aromatic heterocycles. The largest absolute Gasteiger partial charge is 0.349 e. The predicted molar refractivity (Wildman–Crippen MR) is 112 cm³/mol. The average Bonchev–Trinajstić information content (AvgIpc) is 3.09. The molecule has 6 nitrogen and oxygen atoms in total. The second-order valence-electron chi connectivity index (χ2n) is 7.38. The van der Waals surface area contributed by atoms with Crippen LogP contribution >= 0.6 is 0 Å². The molecule has 1 unspecified atom stereocenters. The van der Waals surface area contributed by atoms with Gasteiger partial charge in [0.15, 0.2) is 0 Å². The Hall–Kier alpha value is -3.41. The van der Waals surface area contributed by atoms with Crippen LogP contribution in [0.5, 0.6) is 0 Å². The molecule has 2 N–H and O–H groups in total. The first-order valence-electron chi connectivity index (χ1n) is 9.85. The molecule has 1 aliphatic rings. The summed E-state index contributed by atoms with van der Waals surface area (Å²) in [4.78, 5) is 24.6. The van der Waals surface area contributed by atoms with Crippen molar-refractivity contribution in [3.05, 3.63) is 83.2 Å². The SMILES string of the molecule is Cn1ncc(C(=O)Nc2cccc(C3CCCC(=O)N3)c2)c1Cc1ccccc1. The van der Waals surface area contributed by atoms with Crippen LogP contribution in [0.2, 0.25) is 0 Å². The number of hydrogen-bond acceptors (Lipinski definition) is 3. The second kappa shape index (κ2) is 8.31. The highest BCUT2D eigenvalue weighted by Crippen LogP contribution is 2.26. The van der Waals surface area contributed by atoms with Crippen LogP contribution < -0.4 is 10.6 Å². The summed E-state index contributed by atoms with van der Waals surface area (Å²) in [5, 5.41) is 10.3. The Morgan fingerprint density at radius 1 is 1.21 bits per heavy atom. The molecule has 29 heavy (non-hydrogen) atoms. The number of nitrogens with zero attached hydrogens (tertiary/aromatic N) is 2. The van der Waals surface area contributed by atoms with Crippen molar-refractivity contribution in [2.24, 2.45) is 7.05 Å². The number of carbonyl (C=O) groups is 2. The van der Waals surface area contributed by atoms with Crippen molar-refractivity contribution in [3.8, 4) is 0 Å². The van der Waals surface area contributed by atoms with Crippen LogP contribution in [0, 0.1) is 0 Å². The average molecular weight is 388 g/mol. The first-order chi connectivity index (χ1) is 14.1. The van der Waals surface area contributed by atoms with E-state index in [1.54, 1.807) is 10.9 Å². The Balaban J connectivity index is 1.52. The van der Waals surface area contributed by atoms with Crippen molar-refractivity contribution in [1.82, 2.24) is 15.1 Å². The third-order valence-corrected chi connectivity index (χ3v) is 5.30. The zero-order valence-electron chi connectivity index (χ0n) is 16.4. The highest BCUT2D eigenvalue weighted by atomic mass is 16.2. The summed E-state index contributed by atoms with van der Waals surface area (Å²) in [6.07, 6.45) is 4.61. The summed E-state index contributed by atoms with van der Waals surface area (Å²) in [6, 6.07) is 17.7. The van der Waals surface area contributed by atoms with Crippen molar-refractivity contribution in [3.63, 3.8) is 0 Å². The van der Waals surface area contributed by atoms with Gasteiger partial charge in [-0.1, -0.05) is 42.5 Å². The van der Waals surface area contributed by atoms with Gasteiger partial charge in [-0.25, -0.2) is 0 Å². The predicted octanol–water partition coefficient (Wildman–Crippen LogP) is 3.60. The van der Waals surface area contributed by atoms with Crippen LogP contribution in [0.1, 0.15) is 52.5 Å². The summed E-state index contributed by atoms with van der Waals surface area (Å²) in [5.74, 6) is -0.106. The first kappa shape index (κ1) is 18.9. The number of carbonyl (C=O) groups excluding carboxylic acids is 2. The molecular weight excluding hydrogens is 364 g/mol. The van der Waals surface area contributed by atoms with Crippen LogP contribution in [0.3, 0.4) is 0 Å². The van der Waals surface area contributed by atoms with Crippen LogP contribution in [0.15, 0.2) is 60.8 Å². The molecular formula is C23H24N4O2. The number of piperidine rings is 1. The maximum atomic E-state index is 12.9. The van der Waals surface area contributed by atoms with Crippen LogP contribution in [-0.4, -0.2) is 21.6 Å². The van der Waals surface area contributed by atoms with E-state index in [2.05, 4.69) is 15.7 Å². The minimum Gasteiger partial charge on any atom is -0.349 e. The number of hydrogen-bond donors (Lipinski definition) is 2. The molecule has 1 fully saturated rings. The van der Waals surface area contributed by atoms with Crippen molar-refractivity contribution in [2.45, 2.75) is 31.7 Å². The van der Waals surface area contributed by atoms with Gasteiger partial charge in [-0.2, -0.15) is 5.10 Å². The van der Waals surface area contributed by atoms with Crippen LogP contribution in [0.25, 0.3) is 0 Å². The van der Waals surface area contributed by atoms with Crippen LogP contribution in [-0.2, 0) is 18.3 Å². The molecule has 2 heterocycles. The minimum atomic E-state index is -0.186. The topological polar surface area (TPSA) is 76.0 Å². The maximum absolute atomic E-state index is 12.9. The Bertz CT molecular complexity index is 1030. The number of amides is 2. The van der Waals surface area contributed by atoms with Gasteiger partial charge in [-0.3, -0.25) is 14.3 Å². The van der Waals surface area contributed by atoms with Crippen molar-refractivity contribution in [2.75, 3.05) is 5.32 Å². The smallest absolute Gasteiger partial charge is 0.259 e. The van der Waals surface area contributed by atoms with E-state index in [1.165, 1.54) is 0 Å². The van der Waals surface area contributed by atoms with Gasteiger partial charge in [0.2, 0.25) is 5.91 Å². The molecule has 0 radical (unpaired) electrons. The molecule has 1 saturated heterocycles. The molecule has 4 rings (SSSR count). The van der Waals surface area contributed by atoms with E-state index in [0.717, 1.165) is 29.7 Å². The normalized spacial score (nSPS) is 16.3. The Kier molecular flexibility index (Phi) is 5.42. The van der Waals surface area contributed by atoms with E-state index >= 15 is 0 Å². The Morgan fingerprint density at radius 2 is 2.03 bits per heavy atom. The molecule has 2 aromatic carbocycles. The molecule has 0 bridgehead atoms. The zero-order chi connectivity index (χ0) is 20.2. The summed E-state index contributed by atoms with van der Waals surface area (Å²) in [5.41, 5.74) is 4.27. The Morgan fingerprint density at radius 3 is 2.83 bits per heavy atom. The van der Waals surface area contributed by atoms with E-state index in [9.17, 15) is 9.59 Å². The van der Waals surface area contributed by atoms with Gasteiger partial charge in [0.1, 0.15) is 0 Å². The van der Waals surface area contributed by atoms with Crippen molar-refractivity contribution in [1.29, 1.82) is 0 Å². The van der Waals surface area contributed by atoms with Crippen LogP contribution in [0.4, 0.5) is 5.69 Å². The lowest BCUT2D eigenvalue weighted by atomic mass is 9.97. The summed E-state index contributed by atoms with van der Waals surface area (Å²) >= 11 is 0. The molecule has 0 aliphatic carbocycles. The summed E-state index contributed by atoms with van der Waals surface area (Å²) in [7, 11) is 1.85. The fourth-order valence-corrected chi connectivity index (χ4v) is 3.74. The van der Waals surface area contributed by atoms with Crippen molar-refractivity contribution < 1.29 is 9.59 Å². The number of benzene rings is 2. The van der Waals surface area contributed by atoms with Gasteiger partial charge in [-0.15, -0.1) is 0 Å². The fraction of sp³-hybridized carbons (Fsp3) is 0.261. The molecule has 1 atom stereocenters. The number of aromatic nitrogens is 2. The quantitative estimate of drug-likeness (QED) is 0.701. The van der Waals surface area contributed by atoms with Gasteiger partial charge < -0.3 is 10.6 Å². The number of rotatable bonds is 5. The zero-order valence-corrected chi connectivity index (χ0v) is 16.4. The Labute approximate surface area is 169 Å². The number of nitrogens with one attached hydrogen (secondary N) is 2. The number of anilines is 1. The lowest BCUT2D eigenvalue weighted by Gasteiger charge is -2.24. The lowest BCUT2D eigenvalue weighted by Crippen LogP contribution is -2.32. The van der Waals surface area contributed by atoms with Crippen molar-refractivity contribution >= 4 is 17.5 Å². The van der Waals surface area contributed by atoms with Gasteiger partial charge in [0.05, 0.1) is 23.5 Å². The maximum Gasteiger partial charge on any atom is 0.259 e. The molecule has 1 aliphatic heterocycles. The molecule has 148 valence electrons. The van der Waals surface area contributed by atoms with E-state index in [0.29, 0.717) is 24.1 Å². The first-order valence-corrected chi connectivity index (χ1v) is 9.85. The standard InChI is InChI=1S/C23H24N4O2/c1-27-21(13-16-7-3-2-4-8-16)19(15-24-27)23(29)25-18-10-5-9-17(14-18)20-11-6-12-22(28)26-20/h2-5,7-10,14-15,20H,6,11-13H2,1H3,(H,25,29)(H,26,28). The highest BCUT2D eigenvalue weighted by molar-refractivity contribution is 6.05. The van der Waals surface area contributed by atoms with E-state index < -0.39 is 0 Å². The molecule has 3 aromatic rings. The molecule has 0 spiro atoms. The lowest BCUT2D eigenvalue weighted by molar-refractivity contribution is -0.123. The molecule has 2 amide bonds. The second-order valence-corrected chi connectivity index (χ2v) is 7.38. The van der Waals surface area contributed by atoms with Gasteiger partial charge in [-0.05, 0) is 36.1 Å². The fourth-order valence-electron chi connectivity index (χ4n) is 3.74.